The first-order chi connectivity index (χ1) is 61.9. The Labute approximate surface area is 751 Å². The van der Waals surface area contributed by atoms with E-state index in [0.29, 0.717) is 53.0 Å². The summed E-state index contributed by atoms with van der Waals surface area (Å²) in [6, 6.07) is 15.7. The van der Waals surface area contributed by atoms with Crippen molar-refractivity contribution in [1.82, 2.24) is 117 Å². The van der Waals surface area contributed by atoms with Crippen LogP contribution in [0.4, 0.5) is 23.3 Å². The summed E-state index contributed by atoms with van der Waals surface area (Å²) < 4.78 is 14.7. The predicted molar refractivity (Wildman–Crippen MR) is 496 cm³/mol. The summed E-state index contributed by atoms with van der Waals surface area (Å²) >= 11 is 0. The predicted octanol–water partition coefficient (Wildman–Crippen LogP) is 15.0. The van der Waals surface area contributed by atoms with E-state index in [-0.39, 0.29) is 47.8 Å². The van der Waals surface area contributed by atoms with E-state index in [1.54, 1.807) is 15.6 Å². The summed E-state index contributed by atoms with van der Waals surface area (Å²) in [6.45, 7) is 43.4. The Morgan fingerprint density at radius 2 is 0.727 bits per heavy atom. The van der Waals surface area contributed by atoms with Crippen LogP contribution in [0.5, 0.6) is 0 Å². The Morgan fingerprint density at radius 1 is 0.367 bits per heavy atom. The molecule has 12 aromatic rings. The summed E-state index contributed by atoms with van der Waals surface area (Å²) in [7, 11) is 1.85. The lowest BCUT2D eigenvalue weighted by atomic mass is 9.99. The standard InChI is InChI=1S/4C24H33N7O/c1-5-18-12-21(28(4)26-18)24(32)30-10-7-6-8-20(30)19-13-22-25-23(17(3)15-31(22)27-19)29-11-9-16(2)14-29;1-5-30-18(4)12-20(27-30)24(32)29-10-7-6-8-21(29)19-13-22-25-23(17(3)15-31(22)26-19)28-11-9-16(2)14-28;1-5-30-21(12-18(4)26-30)24(32)29-10-7-6-8-20(29)19-13-22-25-23(17(3)15-31(22)27-19)28-11-9-16(2)14-28;1-4-11-30-21(8-10-25-30)24(32)29-12-6-5-7-20(29)19-14-22-26-23(18(3)16-31(22)27-19)28-13-9-17(2)15-28/h12-13,15-16,20H,5-11,14H2,1-4H3;12-13,15-16,21H,5-11,14H2,1-4H3;12-13,15-16,20H,5-11,14H2,1-4H3;8,10,14,16-17,20H,4-7,9,11-13,15H2,1-3H3/t16-,20-;16-,21-;16-,20-;17-,20-/m0000/s1. The average Bonchev–Trinajstić information content (AvgIpc) is 1.64. The van der Waals surface area contributed by atoms with Crippen LogP contribution in [0.15, 0.2) is 79.5 Å². The fourth-order valence-corrected chi connectivity index (χ4v) is 20.7. The molecular weight excluding hydrogens is 1610 g/mol. The zero-order valence-electron chi connectivity index (χ0n) is 78.1. The first kappa shape index (κ1) is 88.4. The number of aromatic nitrogens is 20. The molecule has 12 aromatic heterocycles. The van der Waals surface area contributed by atoms with Crippen molar-refractivity contribution in [3.05, 3.63) is 164 Å². The van der Waals surface area contributed by atoms with Crippen molar-refractivity contribution in [1.29, 1.82) is 0 Å². The number of carbonyl (C=O) groups is 4. The Bertz CT molecular complexity index is 5990. The van der Waals surface area contributed by atoms with E-state index >= 15 is 0 Å². The van der Waals surface area contributed by atoms with E-state index in [1.165, 1.54) is 25.7 Å². The number of aryl methyl sites for hydroxylation is 11. The highest BCUT2D eigenvalue weighted by Gasteiger charge is 2.39. The number of nitrogens with zero attached hydrogens (tertiary/aromatic N) is 28. The first-order valence-corrected chi connectivity index (χ1v) is 47.7. The van der Waals surface area contributed by atoms with Crippen molar-refractivity contribution in [2.24, 2.45) is 30.7 Å². The number of hydrogen-bond acceptors (Lipinski definition) is 20. The van der Waals surface area contributed by atoms with Gasteiger partial charge in [-0.3, -0.25) is 37.9 Å². The van der Waals surface area contributed by atoms with Crippen molar-refractivity contribution < 1.29 is 19.2 Å². The number of hydrogen-bond donors (Lipinski definition) is 0. The molecule has 8 aliphatic rings. The molecule has 4 amide bonds. The number of anilines is 4. The molecule has 8 aliphatic heterocycles. The maximum absolute atomic E-state index is 13.5. The topological polar surface area (TPSA) is 286 Å². The molecule has 0 aromatic carbocycles. The van der Waals surface area contributed by atoms with Crippen LogP contribution in [-0.4, -0.2) is 219 Å². The third kappa shape index (κ3) is 18.3. The summed E-state index contributed by atoms with van der Waals surface area (Å²) in [6.07, 6.45) is 28.8. The Kier molecular flexibility index (Phi) is 26.2. The molecule has 8 fully saturated rings. The third-order valence-electron chi connectivity index (χ3n) is 27.6. The highest BCUT2D eigenvalue weighted by atomic mass is 16.2. The molecule has 0 spiro atoms. The lowest BCUT2D eigenvalue weighted by Crippen LogP contribution is -2.39. The number of fused-ring (bicyclic) bond motifs is 4. The van der Waals surface area contributed by atoms with Crippen molar-refractivity contribution >= 4 is 69.5 Å². The first-order valence-electron chi connectivity index (χ1n) is 47.7. The molecule has 32 heteroatoms. The number of amides is 4. The monoisotopic (exact) mass is 1740 g/mol. The van der Waals surface area contributed by atoms with Crippen LogP contribution in [0.1, 0.15) is 293 Å². The molecule has 0 aliphatic carbocycles. The van der Waals surface area contributed by atoms with Crippen LogP contribution in [0.2, 0.25) is 0 Å². The fourth-order valence-electron chi connectivity index (χ4n) is 20.7. The molecule has 32 nitrogen and oxygen atoms in total. The van der Waals surface area contributed by atoms with E-state index in [2.05, 4.69) is 158 Å². The molecular formula is C96H132N28O4. The minimum absolute atomic E-state index is 0.00191. The molecule has 8 atom stereocenters. The van der Waals surface area contributed by atoms with Crippen LogP contribution < -0.4 is 19.6 Å². The zero-order chi connectivity index (χ0) is 89.5. The van der Waals surface area contributed by atoms with E-state index in [0.717, 1.165) is 289 Å². The molecule has 8 saturated heterocycles. The largest absolute Gasteiger partial charge is 0.356 e. The molecule has 0 saturated carbocycles. The Balaban J connectivity index is 0.000000120. The van der Waals surface area contributed by atoms with Gasteiger partial charge in [0, 0.05) is 188 Å². The van der Waals surface area contributed by atoms with Crippen molar-refractivity contribution in [3.63, 3.8) is 0 Å². The van der Waals surface area contributed by atoms with Crippen molar-refractivity contribution in [2.45, 2.75) is 256 Å². The maximum atomic E-state index is 13.5. The highest BCUT2D eigenvalue weighted by molar-refractivity contribution is 5.95. The molecule has 0 unspecified atom stereocenters. The summed E-state index contributed by atoms with van der Waals surface area (Å²) in [4.78, 5) is 91.2. The Hall–Kier alpha value is -11.6. The van der Waals surface area contributed by atoms with E-state index in [1.807, 2.05) is 106 Å². The summed E-state index contributed by atoms with van der Waals surface area (Å²) in [5.74, 6) is 7.20. The molecule has 0 N–H and O–H groups in total. The number of piperidine rings is 4. The van der Waals surface area contributed by atoms with Gasteiger partial charge in [-0.1, -0.05) is 41.5 Å². The molecule has 20 heterocycles. The molecule has 0 radical (unpaired) electrons. The van der Waals surface area contributed by atoms with Gasteiger partial charge in [-0.25, -0.2) is 38.0 Å². The third-order valence-corrected chi connectivity index (χ3v) is 27.6. The van der Waals surface area contributed by atoms with Gasteiger partial charge in [-0.05, 0) is 219 Å². The summed E-state index contributed by atoms with van der Waals surface area (Å²) in [5, 5.41) is 37.3. The van der Waals surface area contributed by atoms with Crippen molar-refractivity contribution in [2.75, 3.05) is 98.1 Å². The normalized spacial score (nSPS) is 21.6. The van der Waals surface area contributed by atoms with Gasteiger partial charge in [-0.15, -0.1) is 0 Å². The zero-order valence-corrected chi connectivity index (χ0v) is 78.1. The van der Waals surface area contributed by atoms with Gasteiger partial charge in [0.15, 0.2) is 28.3 Å². The SMILES string of the molecule is CCCn1nccc1C(=O)N1CCCC[C@H]1c1cc2nc(N3CC[C@H](C)C3)c(C)cn2n1.CCc1cc(C(=O)N2CCCC[C@H]2c2cc3nc(N4CC[C@H](C)C4)c(C)cn3n2)n(C)n1.CCn1nc(C(=O)N2CCCC[C@H]2c2cc3nc(N4CC[C@H](C)C4)c(C)cn3n2)cc1C.CCn1nc(C)cc1C(=O)N1CCCC[C@H]1c1cc2nc(N3CC[C@H](C)C3)c(C)cn2n1. The smallest absolute Gasteiger partial charge is 0.274 e. The van der Waals surface area contributed by atoms with Gasteiger partial charge in [0.2, 0.25) is 0 Å². The van der Waals surface area contributed by atoms with Gasteiger partial charge in [0.1, 0.15) is 40.4 Å². The van der Waals surface area contributed by atoms with E-state index in [4.69, 9.17) is 40.3 Å². The lowest BCUT2D eigenvalue weighted by Gasteiger charge is -2.34. The second-order valence-corrected chi connectivity index (χ2v) is 37.8. The quantitative estimate of drug-likeness (QED) is 0.0818. The Morgan fingerprint density at radius 3 is 1.05 bits per heavy atom. The average molecular weight is 1740 g/mol. The van der Waals surface area contributed by atoms with Gasteiger partial charge in [0.05, 0.1) is 58.3 Å². The van der Waals surface area contributed by atoms with Gasteiger partial charge in [0.25, 0.3) is 23.6 Å². The lowest BCUT2D eigenvalue weighted by molar-refractivity contribution is 0.0586. The second-order valence-electron chi connectivity index (χ2n) is 37.8. The van der Waals surface area contributed by atoms with Gasteiger partial charge >= 0.3 is 0 Å². The van der Waals surface area contributed by atoms with Crippen LogP contribution in [0.25, 0.3) is 22.6 Å². The fraction of sp³-hybridized carbons (Fsp3) is 0.583. The van der Waals surface area contributed by atoms with Gasteiger partial charge in [-0.2, -0.15) is 40.8 Å². The highest BCUT2D eigenvalue weighted by Crippen LogP contribution is 2.40. The minimum atomic E-state index is -0.0411. The van der Waals surface area contributed by atoms with E-state index in [9.17, 15) is 19.2 Å². The number of rotatable bonds is 17. The number of carbonyl (C=O) groups excluding carboxylic acids is 4. The van der Waals surface area contributed by atoms with Crippen molar-refractivity contribution in [3.8, 4) is 0 Å². The molecule has 20 rings (SSSR count). The maximum Gasteiger partial charge on any atom is 0.274 e. The van der Waals surface area contributed by atoms with Gasteiger partial charge < -0.3 is 39.2 Å². The second kappa shape index (κ2) is 38.0. The molecule has 0 bridgehead atoms. The van der Waals surface area contributed by atoms with Crippen LogP contribution >= 0.6 is 0 Å². The summed E-state index contributed by atoms with van der Waals surface area (Å²) in [5.41, 5.74) is 17.0. The van der Waals surface area contributed by atoms with Crippen LogP contribution in [0.3, 0.4) is 0 Å². The van der Waals surface area contributed by atoms with Crippen LogP contribution in [0, 0.1) is 65.2 Å². The molecule has 680 valence electrons. The minimum Gasteiger partial charge on any atom is -0.356 e. The van der Waals surface area contributed by atoms with E-state index < -0.39 is 0 Å². The van der Waals surface area contributed by atoms with Crippen LogP contribution in [-0.2, 0) is 33.1 Å². The molecule has 128 heavy (non-hydrogen) atoms. The number of likely N-dealkylation sites (tertiary alicyclic amines) is 4.